The highest BCUT2D eigenvalue weighted by Crippen LogP contribution is 2.38. The van der Waals surface area contributed by atoms with Gasteiger partial charge in [0.05, 0.1) is 5.25 Å². The molecule has 1 aliphatic rings. The summed E-state index contributed by atoms with van der Waals surface area (Å²) in [5.74, 6) is -0.343. The first kappa shape index (κ1) is 15.9. The van der Waals surface area contributed by atoms with Gasteiger partial charge in [0.1, 0.15) is 15.7 Å². The van der Waals surface area contributed by atoms with E-state index in [1.165, 1.54) is 12.3 Å². The summed E-state index contributed by atoms with van der Waals surface area (Å²) in [5, 5.41) is -0.349. The second-order valence-corrected chi connectivity index (χ2v) is 8.72. The summed E-state index contributed by atoms with van der Waals surface area (Å²) in [7, 11) is -3.06. The minimum Gasteiger partial charge on any atom is -0.324 e. The number of hydrogen-bond donors (Lipinski definition) is 1. The first-order chi connectivity index (χ1) is 9.30. The van der Waals surface area contributed by atoms with Crippen LogP contribution >= 0.6 is 15.9 Å². The molecule has 3 unspecified atom stereocenters. The van der Waals surface area contributed by atoms with Gasteiger partial charge in [0, 0.05) is 22.3 Å². The van der Waals surface area contributed by atoms with Crippen LogP contribution in [-0.2, 0) is 9.84 Å². The Balaban J connectivity index is 2.23. The third-order valence-corrected chi connectivity index (χ3v) is 6.44. The zero-order valence-electron chi connectivity index (χ0n) is 11.4. The van der Waals surface area contributed by atoms with E-state index in [1.54, 1.807) is 12.1 Å². The maximum absolute atomic E-state index is 14.0. The number of halogens is 2. The minimum absolute atomic E-state index is 0.00308. The van der Waals surface area contributed by atoms with Gasteiger partial charge in [-0.2, -0.15) is 0 Å². The summed E-state index contributed by atoms with van der Waals surface area (Å²) >= 11 is 3.33. The van der Waals surface area contributed by atoms with Crippen LogP contribution in [0.4, 0.5) is 4.39 Å². The number of benzene rings is 1. The quantitative estimate of drug-likeness (QED) is 0.896. The second-order valence-electron chi connectivity index (χ2n) is 5.54. The lowest BCUT2D eigenvalue weighted by Gasteiger charge is -2.32. The molecule has 1 aromatic carbocycles. The fraction of sp³-hybridized carbons (Fsp3) is 0.571. The highest BCUT2D eigenvalue weighted by atomic mass is 79.9. The van der Waals surface area contributed by atoms with Crippen LogP contribution in [-0.4, -0.2) is 19.9 Å². The molecule has 0 amide bonds. The molecule has 0 radical (unpaired) electrons. The van der Waals surface area contributed by atoms with Crippen molar-refractivity contribution in [2.24, 2.45) is 11.7 Å². The van der Waals surface area contributed by atoms with Crippen LogP contribution < -0.4 is 5.73 Å². The van der Waals surface area contributed by atoms with E-state index in [0.717, 1.165) is 12.8 Å². The molecule has 3 nitrogen and oxygen atoms in total. The first-order valence-corrected chi connectivity index (χ1v) is 9.44. The SMILES string of the molecule is CS(=O)(=O)C1CCCC(C(N)c2c(F)cccc2Br)C1. The molecular formula is C14H19BrFNO2S. The molecule has 0 saturated heterocycles. The van der Waals surface area contributed by atoms with E-state index in [9.17, 15) is 12.8 Å². The Morgan fingerprint density at radius 1 is 1.40 bits per heavy atom. The van der Waals surface area contributed by atoms with E-state index >= 15 is 0 Å². The van der Waals surface area contributed by atoms with Gasteiger partial charge in [-0.1, -0.05) is 28.4 Å². The van der Waals surface area contributed by atoms with Crippen molar-refractivity contribution >= 4 is 25.8 Å². The standard InChI is InChI=1S/C14H19BrFNO2S/c1-20(18,19)10-5-2-4-9(8-10)14(17)13-11(15)6-3-7-12(13)16/h3,6-7,9-10,14H,2,4-5,8,17H2,1H3. The van der Waals surface area contributed by atoms with Crippen LogP contribution in [0.2, 0.25) is 0 Å². The molecule has 1 aromatic rings. The summed E-state index contributed by atoms with van der Waals surface area (Å²) in [6, 6.07) is 4.29. The van der Waals surface area contributed by atoms with Crippen molar-refractivity contribution in [1.29, 1.82) is 0 Å². The van der Waals surface area contributed by atoms with Gasteiger partial charge in [0.2, 0.25) is 0 Å². The van der Waals surface area contributed by atoms with Gasteiger partial charge in [-0.3, -0.25) is 0 Å². The highest BCUT2D eigenvalue weighted by molar-refractivity contribution is 9.10. The van der Waals surface area contributed by atoms with Crippen LogP contribution in [0.25, 0.3) is 0 Å². The van der Waals surface area contributed by atoms with Crippen LogP contribution in [0.3, 0.4) is 0 Å². The third-order valence-electron chi connectivity index (χ3n) is 4.11. The largest absolute Gasteiger partial charge is 0.324 e. The molecule has 3 atom stereocenters. The monoisotopic (exact) mass is 363 g/mol. The maximum Gasteiger partial charge on any atom is 0.150 e. The number of rotatable bonds is 3. The van der Waals surface area contributed by atoms with Gasteiger partial charge in [-0.15, -0.1) is 0 Å². The molecule has 0 spiro atoms. The van der Waals surface area contributed by atoms with Gasteiger partial charge in [-0.25, -0.2) is 12.8 Å². The molecule has 1 aliphatic carbocycles. The van der Waals surface area contributed by atoms with E-state index < -0.39 is 15.9 Å². The number of hydrogen-bond acceptors (Lipinski definition) is 3. The van der Waals surface area contributed by atoms with E-state index in [4.69, 9.17) is 5.73 Å². The molecule has 1 fully saturated rings. The fourth-order valence-corrected chi connectivity index (χ4v) is 4.76. The molecule has 112 valence electrons. The van der Waals surface area contributed by atoms with E-state index in [1.807, 2.05) is 0 Å². The lowest BCUT2D eigenvalue weighted by Crippen LogP contribution is -2.33. The highest BCUT2D eigenvalue weighted by Gasteiger charge is 2.33. The Bertz CT molecular complexity index is 571. The predicted octanol–water partition coefficient (Wildman–Crippen LogP) is 3.19. The van der Waals surface area contributed by atoms with Crippen molar-refractivity contribution in [1.82, 2.24) is 0 Å². The van der Waals surface area contributed by atoms with Crippen LogP contribution in [0.15, 0.2) is 22.7 Å². The molecule has 2 N–H and O–H groups in total. The topological polar surface area (TPSA) is 60.2 Å². The van der Waals surface area contributed by atoms with Gasteiger partial charge in [0.15, 0.2) is 0 Å². The Morgan fingerprint density at radius 2 is 2.10 bits per heavy atom. The predicted molar refractivity (Wildman–Crippen MR) is 81.6 cm³/mol. The molecule has 0 aromatic heterocycles. The van der Waals surface area contributed by atoms with Gasteiger partial charge < -0.3 is 5.73 Å². The van der Waals surface area contributed by atoms with Gasteiger partial charge in [-0.05, 0) is 37.3 Å². The third kappa shape index (κ3) is 3.40. The average molecular weight is 364 g/mol. The molecule has 0 aliphatic heterocycles. The van der Waals surface area contributed by atoms with Crippen molar-refractivity contribution in [3.8, 4) is 0 Å². The van der Waals surface area contributed by atoms with Crippen LogP contribution in [0.1, 0.15) is 37.3 Å². The Labute approximate surface area is 127 Å². The molecular weight excluding hydrogens is 345 g/mol. The second kappa shape index (κ2) is 6.12. The smallest absolute Gasteiger partial charge is 0.150 e. The normalized spacial score (nSPS) is 25.4. The Morgan fingerprint density at radius 3 is 2.70 bits per heavy atom. The summed E-state index contributed by atoms with van der Waals surface area (Å²) in [4.78, 5) is 0. The van der Waals surface area contributed by atoms with Crippen LogP contribution in [0, 0.1) is 11.7 Å². The summed E-state index contributed by atoms with van der Waals surface area (Å²) in [6.45, 7) is 0. The van der Waals surface area contributed by atoms with E-state index in [2.05, 4.69) is 15.9 Å². The van der Waals surface area contributed by atoms with E-state index in [0.29, 0.717) is 22.9 Å². The molecule has 2 rings (SSSR count). The molecule has 6 heteroatoms. The number of sulfone groups is 1. The molecule has 1 saturated carbocycles. The average Bonchev–Trinajstić information content (AvgIpc) is 2.37. The van der Waals surface area contributed by atoms with Crippen molar-refractivity contribution < 1.29 is 12.8 Å². The lowest BCUT2D eigenvalue weighted by molar-refractivity contribution is 0.303. The van der Waals surface area contributed by atoms with Crippen molar-refractivity contribution in [2.75, 3.05) is 6.26 Å². The van der Waals surface area contributed by atoms with Gasteiger partial charge >= 0.3 is 0 Å². The number of nitrogens with two attached hydrogens (primary N) is 1. The van der Waals surface area contributed by atoms with Gasteiger partial charge in [0.25, 0.3) is 0 Å². The van der Waals surface area contributed by atoms with E-state index in [-0.39, 0.29) is 17.0 Å². The fourth-order valence-electron chi connectivity index (χ4n) is 2.96. The van der Waals surface area contributed by atoms with Crippen molar-refractivity contribution in [3.63, 3.8) is 0 Å². The Hall–Kier alpha value is -0.460. The van der Waals surface area contributed by atoms with Crippen molar-refractivity contribution in [3.05, 3.63) is 34.1 Å². The zero-order valence-corrected chi connectivity index (χ0v) is 13.8. The first-order valence-electron chi connectivity index (χ1n) is 6.69. The van der Waals surface area contributed by atoms with Crippen molar-refractivity contribution in [2.45, 2.75) is 37.0 Å². The Kier molecular flexibility index (Phi) is 4.87. The molecule has 0 heterocycles. The summed E-state index contributed by atoms with van der Waals surface area (Å²) in [5.41, 5.74) is 6.66. The van der Waals surface area contributed by atoms with Crippen LogP contribution in [0.5, 0.6) is 0 Å². The summed E-state index contributed by atoms with van der Waals surface area (Å²) < 4.78 is 38.0. The maximum atomic E-state index is 14.0. The summed E-state index contributed by atoms with van der Waals surface area (Å²) in [6.07, 6.45) is 4.13. The molecule has 0 bridgehead atoms. The lowest BCUT2D eigenvalue weighted by atomic mass is 9.81. The zero-order chi connectivity index (χ0) is 14.9. The minimum atomic E-state index is -3.06. The molecule has 20 heavy (non-hydrogen) atoms.